The number of nitrogens with zero attached hydrogens (tertiary/aromatic N) is 4. The summed E-state index contributed by atoms with van der Waals surface area (Å²) in [6.45, 7) is 9.09. The minimum Gasteiger partial charge on any atom is -0.493 e. The Morgan fingerprint density at radius 1 is 1.07 bits per heavy atom. The lowest BCUT2D eigenvalue weighted by Crippen LogP contribution is -3.14. The first kappa shape index (κ1) is 18.9. The molecule has 8 nitrogen and oxygen atoms in total. The number of fused-ring (bicyclic) bond motifs is 3. The van der Waals surface area contributed by atoms with Gasteiger partial charge in [0.25, 0.3) is 0 Å². The Balaban J connectivity index is 1.82. The molecule has 1 saturated heterocycles. The minimum absolute atomic E-state index is 0.249. The van der Waals surface area contributed by atoms with Gasteiger partial charge in [0.2, 0.25) is 0 Å². The van der Waals surface area contributed by atoms with Gasteiger partial charge in [-0.1, -0.05) is 6.92 Å². The number of aromatic nitrogens is 4. The van der Waals surface area contributed by atoms with Crippen molar-refractivity contribution in [1.82, 2.24) is 19.6 Å². The van der Waals surface area contributed by atoms with Crippen LogP contribution in [0.2, 0.25) is 0 Å². The normalized spacial score (nSPS) is 22.7. The molecule has 8 heteroatoms. The Labute approximate surface area is 164 Å². The van der Waals surface area contributed by atoms with Crippen LogP contribution in [0.15, 0.2) is 12.1 Å². The highest BCUT2D eigenvalue weighted by atomic mass is 16.5. The maximum atomic E-state index is 5.87. The summed E-state index contributed by atoms with van der Waals surface area (Å²) in [6, 6.07) is 3.83. The average molecular weight is 386 g/mol. The Bertz CT molecular complexity index is 993. The molecule has 3 aromatic rings. The van der Waals surface area contributed by atoms with E-state index in [-0.39, 0.29) is 12.2 Å². The summed E-state index contributed by atoms with van der Waals surface area (Å²) < 4.78 is 18.9. The van der Waals surface area contributed by atoms with E-state index in [1.807, 2.05) is 12.1 Å². The molecule has 1 aliphatic rings. The van der Waals surface area contributed by atoms with E-state index in [0.29, 0.717) is 11.5 Å². The van der Waals surface area contributed by atoms with E-state index in [4.69, 9.17) is 19.2 Å². The van der Waals surface area contributed by atoms with Gasteiger partial charge in [0, 0.05) is 17.9 Å². The van der Waals surface area contributed by atoms with E-state index in [9.17, 15) is 0 Å². The minimum atomic E-state index is 0.249. The van der Waals surface area contributed by atoms with Crippen molar-refractivity contribution in [3.8, 4) is 11.5 Å². The van der Waals surface area contributed by atoms with Crippen LogP contribution in [0.1, 0.15) is 32.4 Å². The third-order valence-corrected chi connectivity index (χ3v) is 5.32. The first-order valence-corrected chi connectivity index (χ1v) is 9.81. The lowest BCUT2D eigenvalue weighted by atomic mass is 10.2. The van der Waals surface area contributed by atoms with Gasteiger partial charge in [-0.3, -0.25) is 4.40 Å². The quantitative estimate of drug-likeness (QED) is 0.707. The summed E-state index contributed by atoms with van der Waals surface area (Å²) in [6.07, 6.45) is 1.29. The van der Waals surface area contributed by atoms with Crippen LogP contribution in [-0.4, -0.2) is 59.1 Å². The number of morpholine rings is 1. The van der Waals surface area contributed by atoms with E-state index in [1.54, 1.807) is 14.2 Å². The zero-order valence-electron chi connectivity index (χ0n) is 17.2. The van der Waals surface area contributed by atoms with Gasteiger partial charge in [-0.25, -0.2) is 4.98 Å². The highest BCUT2D eigenvalue weighted by Crippen LogP contribution is 2.33. The second kappa shape index (κ2) is 7.52. The van der Waals surface area contributed by atoms with Crippen LogP contribution in [0.3, 0.4) is 0 Å². The van der Waals surface area contributed by atoms with Crippen LogP contribution in [0.4, 0.5) is 0 Å². The third-order valence-electron chi connectivity index (χ3n) is 5.32. The zero-order valence-corrected chi connectivity index (χ0v) is 17.2. The highest BCUT2D eigenvalue weighted by molar-refractivity contribution is 5.93. The molecular weight excluding hydrogens is 358 g/mol. The van der Waals surface area contributed by atoms with Crippen LogP contribution < -0.4 is 14.4 Å². The molecule has 1 fully saturated rings. The molecule has 0 aliphatic carbocycles. The van der Waals surface area contributed by atoms with E-state index < -0.39 is 0 Å². The van der Waals surface area contributed by atoms with Crippen LogP contribution in [-0.2, 0) is 17.7 Å². The molecule has 150 valence electrons. The van der Waals surface area contributed by atoms with Crippen molar-refractivity contribution in [2.45, 2.75) is 45.9 Å². The Morgan fingerprint density at radius 3 is 2.39 bits per heavy atom. The fraction of sp³-hybridized carbons (Fsp3) is 0.550. The Hall–Kier alpha value is -2.45. The largest absolute Gasteiger partial charge is 0.493 e. The number of benzene rings is 1. The molecule has 0 radical (unpaired) electrons. The summed E-state index contributed by atoms with van der Waals surface area (Å²) in [5, 5.41) is 9.97. The lowest BCUT2D eigenvalue weighted by Gasteiger charge is -2.31. The summed E-state index contributed by atoms with van der Waals surface area (Å²) in [5.41, 5.74) is 1.65. The van der Waals surface area contributed by atoms with Crippen LogP contribution in [0.5, 0.6) is 11.5 Å². The first-order chi connectivity index (χ1) is 13.5. The second-order valence-corrected chi connectivity index (χ2v) is 7.47. The number of hydrogen-bond acceptors (Lipinski definition) is 6. The molecule has 0 saturated carbocycles. The molecule has 3 heterocycles. The molecule has 2 atom stereocenters. The van der Waals surface area contributed by atoms with Crippen molar-refractivity contribution < 1.29 is 19.1 Å². The maximum Gasteiger partial charge on any atom is 0.194 e. The lowest BCUT2D eigenvalue weighted by molar-refractivity contribution is -0.929. The fourth-order valence-electron chi connectivity index (χ4n) is 4.20. The molecule has 1 N–H and O–H groups in total. The highest BCUT2D eigenvalue weighted by Gasteiger charge is 2.28. The number of quaternary nitrogens is 1. The standard InChI is InChI=1S/C20H27N5O3/c1-6-18-21-15-8-17(27-5)16(26-4)7-14(15)20-23-22-19(25(18)20)11-24-9-12(2)28-13(3)10-24/h7-8,12-13H,6,9-11H2,1-5H3/p+1/t12-,13-/m1/s1. The topological polar surface area (TPSA) is 75.2 Å². The van der Waals surface area contributed by atoms with Crippen molar-refractivity contribution in [2.24, 2.45) is 0 Å². The second-order valence-electron chi connectivity index (χ2n) is 7.47. The van der Waals surface area contributed by atoms with Crippen molar-refractivity contribution in [3.05, 3.63) is 23.8 Å². The number of ether oxygens (including phenoxy) is 3. The van der Waals surface area contributed by atoms with Gasteiger partial charge in [0.05, 0.1) is 19.7 Å². The van der Waals surface area contributed by atoms with Gasteiger partial charge in [0.15, 0.2) is 23.0 Å². The van der Waals surface area contributed by atoms with Gasteiger partial charge < -0.3 is 19.1 Å². The van der Waals surface area contributed by atoms with Gasteiger partial charge >= 0.3 is 0 Å². The van der Waals surface area contributed by atoms with E-state index in [1.165, 1.54) is 4.90 Å². The summed E-state index contributed by atoms with van der Waals surface area (Å²) in [5.74, 6) is 3.21. The number of nitrogens with one attached hydrogen (secondary N) is 1. The molecule has 1 aliphatic heterocycles. The molecule has 0 spiro atoms. The molecule has 4 rings (SSSR count). The molecule has 0 unspecified atom stereocenters. The van der Waals surface area contributed by atoms with Crippen molar-refractivity contribution in [1.29, 1.82) is 0 Å². The van der Waals surface area contributed by atoms with Crippen LogP contribution >= 0.6 is 0 Å². The van der Waals surface area contributed by atoms with Crippen molar-refractivity contribution in [2.75, 3.05) is 27.3 Å². The maximum absolute atomic E-state index is 5.87. The zero-order chi connectivity index (χ0) is 19.8. The Morgan fingerprint density at radius 2 is 1.75 bits per heavy atom. The van der Waals surface area contributed by atoms with E-state index >= 15 is 0 Å². The number of hydrogen-bond donors (Lipinski definition) is 1. The fourth-order valence-corrected chi connectivity index (χ4v) is 4.20. The number of aryl methyl sites for hydroxylation is 1. The van der Waals surface area contributed by atoms with E-state index in [2.05, 4.69) is 35.4 Å². The van der Waals surface area contributed by atoms with Crippen molar-refractivity contribution in [3.63, 3.8) is 0 Å². The third kappa shape index (κ3) is 3.27. The summed E-state index contributed by atoms with van der Waals surface area (Å²) in [4.78, 5) is 6.33. The summed E-state index contributed by atoms with van der Waals surface area (Å²) in [7, 11) is 3.26. The molecular formula is C20H28N5O3+. The predicted octanol–water partition coefficient (Wildman–Crippen LogP) is 1.05. The van der Waals surface area contributed by atoms with Crippen LogP contribution in [0, 0.1) is 0 Å². The van der Waals surface area contributed by atoms with E-state index in [0.717, 1.165) is 54.3 Å². The summed E-state index contributed by atoms with van der Waals surface area (Å²) >= 11 is 0. The number of methoxy groups -OCH3 is 2. The molecule has 0 amide bonds. The molecule has 2 aromatic heterocycles. The first-order valence-electron chi connectivity index (χ1n) is 9.81. The molecule has 1 aromatic carbocycles. The smallest absolute Gasteiger partial charge is 0.194 e. The number of rotatable bonds is 5. The van der Waals surface area contributed by atoms with Crippen LogP contribution in [0.25, 0.3) is 16.6 Å². The average Bonchev–Trinajstić information content (AvgIpc) is 3.09. The molecule has 0 bridgehead atoms. The van der Waals surface area contributed by atoms with Crippen molar-refractivity contribution >= 4 is 16.6 Å². The monoisotopic (exact) mass is 386 g/mol. The predicted molar refractivity (Wildman–Crippen MR) is 105 cm³/mol. The van der Waals surface area contributed by atoms with Gasteiger partial charge in [0.1, 0.15) is 37.7 Å². The molecule has 28 heavy (non-hydrogen) atoms. The van der Waals surface area contributed by atoms with Gasteiger partial charge in [-0.15, -0.1) is 10.2 Å². The van der Waals surface area contributed by atoms with Gasteiger partial charge in [-0.2, -0.15) is 0 Å². The Kier molecular flexibility index (Phi) is 5.07. The SMILES string of the molecule is CCc1nc2cc(OC)c(OC)cc2c2nnc(C[NH+]3C[C@@H](C)O[C@H](C)C3)n12. The van der Waals surface area contributed by atoms with Gasteiger partial charge in [-0.05, 0) is 19.9 Å².